The van der Waals surface area contributed by atoms with E-state index in [1.807, 2.05) is 33.8 Å². The number of hydrogen-bond donors (Lipinski definition) is 2. The Bertz CT molecular complexity index is 1010. The van der Waals surface area contributed by atoms with Crippen LogP contribution in [0, 0.1) is 40.9 Å². The summed E-state index contributed by atoms with van der Waals surface area (Å²) in [5.74, 6) is 7.18. The zero-order valence-electron chi connectivity index (χ0n) is 22.9. The van der Waals surface area contributed by atoms with Crippen molar-refractivity contribution >= 4 is 21.5 Å². The predicted octanol–water partition coefficient (Wildman–Crippen LogP) is 6.39. The van der Waals surface area contributed by atoms with Gasteiger partial charge in [-0.15, -0.1) is 0 Å². The van der Waals surface area contributed by atoms with E-state index in [1.165, 1.54) is 24.0 Å². The average Bonchev–Trinajstić information content (AvgIpc) is 3.10. The van der Waals surface area contributed by atoms with Crippen LogP contribution in [0.15, 0.2) is 48.2 Å². The molecule has 3 unspecified atom stereocenters. The Balaban J connectivity index is 0.00000167. The Labute approximate surface area is 215 Å². The molecule has 8 atom stereocenters. The lowest BCUT2D eigenvalue weighted by atomic mass is 9.48. The SMILES string of the molecule is C=C(C[C@H]1C[C@@]2(C)C(CC[C@@H]2C(=C)C)[C@@H]2C=CC3=CC(=O)CCC3[C@H]12)NS(=C)(=O)NC(C)C.CC. The first-order valence-corrected chi connectivity index (χ1v) is 15.3. The van der Waals surface area contributed by atoms with Gasteiger partial charge in [0.2, 0.25) is 0 Å². The van der Waals surface area contributed by atoms with Gasteiger partial charge in [-0.3, -0.25) is 4.79 Å². The standard InChI is InChI=1S/C28H42N2O2S.C2H6/c1-17(2)25-12-13-26-24-10-8-20-15-22(31)9-11-23(20)27(24)21(16-28(25,26)6)14-19(5)30-33(7,32)29-18(3)4;1-2/h8,10,15,18,21,23-27H,1,5,7,9,11-14,16H2,2-4,6H3,(H2,29,30,32);1-2H3/t21-,23?,24-,25+,26?,27-,28+,33?;/m0./s1. The number of carbonyl (C=O) groups is 1. The van der Waals surface area contributed by atoms with Gasteiger partial charge in [-0.05, 0) is 111 Å². The van der Waals surface area contributed by atoms with Crippen LogP contribution in [-0.2, 0) is 14.7 Å². The molecule has 2 N–H and O–H groups in total. The van der Waals surface area contributed by atoms with Gasteiger partial charge in [0.25, 0.3) is 0 Å². The Kier molecular flexibility index (Phi) is 8.64. The summed E-state index contributed by atoms with van der Waals surface area (Å²) in [6.07, 6.45) is 12.5. The van der Waals surface area contributed by atoms with Crippen LogP contribution in [0.3, 0.4) is 0 Å². The molecule has 0 radical (unpaired) electrons. The van der Waals surface area contributed by atoms with E-state index in [0.29, 0.717) is 41.9 Å². The monoisotopic (exact) mass is 500 g/mol. The van der Waals surface area contributed by atoms with Crippen molar-refractivity contribution in [2.75, 3.05) is 0 Å². The largest absolute Gasteiger partial charge is 0.306 e. The maximum Gasteiger partial charge on any atom is 0.155 e. The zero-order chi connectivity index (χ0) is 26.1. The molecule has 0 amide bonds. The van der Waals surface area contributed by atoms with Crippen molar-refractivity contribution in [3.63, 3.8) is 0 Å². The Morgan fingerprint density at radius 3 is 2.54 bits per heavy atom. The van der Waals surface area contributed by atoms with Crippen molar-refractivity contribution in [2.24, 2.45) is 40.9 Å². The molecule has 0 aromatic heterocycles. The highest BCUT2D eigenvalue weighted by Gasteiger charge is 2.58. The summed E-state index contributed by atoms with van der Waals surface area (Å²) in [6.45, 7) is 21.3. The number of allylic oxidation sites excluding steroid dienone is 6. The molecule has 0 spiro atoms. The molecule has 2 saturated carbocycles. The van der Waals surface area contributed by atoms with Gasteiger partial charge in [0.15, 0.2) is 5.78 Å². The molecular formula is C30H48N2O2S. The second-order valence-corrected chi connectivity index (χ2v) is 13.5. The summed E-state index contributed by atoms with van der Waals surface area (Å²) >= 11 is 0. The number of carbonyl (C=O) groups excluding carboxylic acids is 1. The van der Waals surface area contributed by atoms with Gasteiger partial charge in [-0.1, -0.05) is 51.7 Å². The second kappa shape index (κ2) is 10.8. The van der Waals surface area contributed by atoms with Gasteiger partial charge in [0.1, 0.15) is 9.89 Å². The summed E-state index contributed by atoms with van der Waals surface area (Å²) in [6, 6.07) is 0.0693. The average molecular weight is 501 g/mol. The summed E-state index contributed by atoms with van der Waals surface area (Å²) in [5, 5.41) is 0. The Morgan fingerprint density at radius 1 is 1.23 bits per heavy atom. The number of fused-ring (bicyclic) bond motifs is 5. The van der Waals surface area contributed by atoms with Crippen molar-refractivity contribution in [1.29, 1.82) is 0 Å². The van der Waals surface area contributed by atoms with Crippen molar-refractivity contribution in [3.05, 3.63) is 48.2 Å². The maximum atomic E-state index is 12.9. The maximum absolute atomic E-state index is 12.9. The topological polar surface area (TPSA) is 58.2 Å². The van der Waals surface area contributed by atoms with E-state index < -0.39 is 9.89 Å². The van der Waals surface area contributed by atoms with Crippen LogP contribution >= 0.6 is 0 Å². The molecule has 2 fully saturated rings. The van der Waals surface area contributed by atoms with E-state index in [4.69, 9.17) is 0 Å². The Hall–Kier alpha value is -1.59. The van der Waals surface area contributed by atoms with Crippen molar-refractivity contribution in [3.8, 4) is 0 Å². The molecule has 0 aromatic carbocycles. The fourth-order valence-electron chi connectivity index (χ4n) is 7.99. The number of rotatable bonds is 7. The molecular weight excluding hydrogens is 452 g/mol. The van der Waals surface area contributed by atoms with Gasteiger partial charge in [0, 0.05) is 18.2 Å². The van der Waals surface area contributed by atoms with E-state index in [9.17, 15) is 9.00 Å². The molecule has 4 aliphatic carbocycles. The molecule has 0 bridgehead atoms. The molecule has 5 heteroatoms. The number of nitrogens with one attached hydrogen (secondary N) is 2. The van der Waals surface area contributed by atoms with E-state index in [2.05, 4.69) is 54.5 Å². The van der Waals surface area contributed by atoms with Crippen LogP contribution in [0.1, 0.15) is 80.1 Å². The lowest BCUT2D eigenvalue weighted by molar-refractivity contribution is -0.115. The summed E-state index contributed by atoms with van der Waals surface area (Å²) in [5.41, 5.74) is 3.54. The van der Waals surface area contributed by atoms with Crippen molar-refractivity contribution in [2.45, 2.75) is 86.1 Å². The van der Waals surface area contributed by atoms with Gasteiger partial charge in [-0.2, -0.15) is 0 Å². The van der Waals surface area contributed by atoms with E-state index in [0.717, 1.165) is 25.0 Å². The highest BCUT2D eigenvalue weighted by Crippen LogP contribution is 2.65. The number of hydrogen-bond acceptors (Lipinski definition) is 2. The van der Waals surface area contributed by atoms with E-state index >= 15 is 0 Å². The minimum Gasteiger partial charge on any atom is -0.306 e. The quantitative estimate of drug-likeness (QED) is 0.314. The normalized spacial score (nSPS) is 37.1. The molecule has 0 heterocycles. The van der Waals surface area contributed by atoms with Crippen LogP contribution in [0.25, 0.3) is 0 Å². The van der Waals surface area contributed by atoms with Crippen molar-refractivity contribution in [1.82, 2.24) is 9.44 Å². The smallest absolute Gasteiger partial charge is 0.155 e. The molecule has 4 aliphatic rings. The predicted molar refractivity (Wildman–Crippen MR) is 151 cm³/mol. The molecule has 0 aromatic rings. The summed E-state index contributed by atoms with van der Waals surface area (Å²) in [4.78, 5) is 12.1. The molecule has 196 valence electrons. The summed E-state index contributed by atoms with van der Waals surface area (Å²) < 4.78 is 19.1. The van der Waals surface area contributed by atoms with Gasteiger partial charge < -0.3 is 4.72 Å². The minimum atomic E-state index is -2.63. The van der Waals surface area contributed by atoms with Crippen LogP contribution in [0.2, 0.25) is 0 Å². The zero-order valence-corrected chi connectivity index (χ0v) is 23.7. The first kappa shape index (κ1) is 28.0. The third kappa shape index (κ3) is 5.72. The molecule has 4 nitrogen and oxygen atoms in total. The minimum absolute atomic E-state index is 0.0693. The van der Waals surface area contributed by atoms with Crippen LogP contribution in [-0.4, -0.2) is 21.9 Å². The first-order chi connectivity index (χ1) is 16.4. The lowest BCUT2D eigenvalue weighted by Gasteiger charge is -2.56. The second-order valence-electron chi connectivity index (χ2n) is 11.7. The Morgan fingerprint density at radius 2 is 1.91 bits per heavy atom. The van der Waals surface area contributed by atoms with Crippen LogP contribution in [0.4, 0.5) is 0 Å². The fraction of sp³-hybridized carbons (Fsp3) is 0.667. The molecule has 0 aliphatic heterocycles. The third-order valence-corrected chi connectivity index (χ3v) is 10.3. The molecule has 35 heavy (non-hydrogen) atoms. The van der Waals surface area contributed by atoms with Gasteiger partial charge in [-0.25, -0.2) is 8.93 Å². The third-order valence-electron chi connectivity index (χ3n) is 8.84. The first-order valence-electron chi connectivity index (χ1n) is 13.6. The summed E-state index contributed by atoms with van der Waals surface area (Å²) in [7, 11) is -2.63. The van der Waals surface area contributed by atoms with Gasteiger partial charge >= 0.3 is 0 Å². The lowest BCUT2D eigenvalue weighted by Crippen LogP contribution is -2.50. The van der Waals surface area contributed by atoms with Crippen LogP contribution < -0.4 is 9.44 Å². The van der Waals surface area contributed by atoms with Crippen LogP contribution in [0.5, 0.6) is 0 Å². The fourth-order valence-corrected chi connectivity index (χ4v) is 9.36. The van der Waals surface area contributed by atoms with Crippen molar-refractivity contribution < 1.29 is 9.00 Å². The van der Waals surface area contributed by atoms with E-state index in [1.54, 1.807) is 0 Å². The highest BCUT2D eigenvalue weighted by molar-refractivity contribution is 7.96. The molecule has 0 saturated heterocycles. The molecule has 4 rings (SSSR count). The highest BCUT2D eigenvalue weighted by atomic mass is 32.2. The van der Waals surface area contributed by atoms with Gasteiger partial charge in [0.05, 0.1) is 0 Å². The number of ketones is 1. The van der Waals surface area contributed by atoms with E-state index in [-0.39, 0.29) is 17.2 Å².